The third-order valence-electron chi connectivity index (χ3n) is 3.90. The van der Waals surface area contributed by atoms with Gasteiger partial charge in [-0.3, -0.25) is 4.68 Å². The fourth-order valence-corrected chi connectivity index (χ4v) is 2.72. The third kappa shape index (κ3) is 3.10. The van der Waals surface area contributed by atoms with Crippen molar-refractivity contribution in [3.63, 3.8) is 0 Å². The zero-order valence-corrected chi connectivity index (χ0v) is 13.2. The first-order valence-corrected chi connectivity index (χ1v) is 7.35. The molecule has 1 aromatic carbocycles. The van der Waals surface area contributed by atoms with E-state index in [0.717, 1.165) is 18.8 Å². The number of nitrogens with one attached hydrogen (secondary N) is 1. The van der Waals surface area contributed by atoms with Crippen LogP contribution < -0.4 is 5.32 Å². The van der Waals surface area contributed by atoms with Gasteiger partial charge in [-0.05, 0) is 40.2 Å². The summed E-state index contributed by atoms with van der Waals surface area (Å²) in [5.74, 6) is 0. The molecule has 3 nitrogen and oxygen atoms in total. The highest BCUT2D eigenvalue weighted by Gasteiger charge is 2.16. The molecule has 0 fully saturated rings. The summed E-state index contributed by atoms with van der Waals surface area (Å²) in [6.07, 6.45) is 0. The lowest BCUT2D eigenvalue weighted by molar-refractivity contribution is 0.566. The molecule has 0 radical (unpaired) electrons. The Hall–Kier alpha value is -1.61. The Balaban J connectivity index is 2.07. The molecule has 0 aliphatic carbocycles. The van der Waals surface area contributed by atoms with E-state index in [-0.39, 0.29) is 0 Å². The van der Waals surface area contributed by atoms with Gasteiger partial charge in [0, 0.05) is 30.4 Å². The Kier molecular flexibility index (Phi) is 4.61. The van der Waals surface area contributed by atoms with Crippen molar-refractivity contribution in [1.82, 2.24) is 15.1 Å². The topological polar surface area (TPSA) is 29.9 Å². The Morgan fingerprint density at radius 1 is 1.15 bits per heavy atom. The van der Waals surface area contributed by atoms with Crippen LogP contribution in [-0.2, 0) is 13.1 Å². The monoisotopic (exact) mass is 271 g/mol. The summed E-state index contributed by atoms with van der Waals surface area (Å²) in [5.41, 5.74) is 6.36. The molecule has 0 aliphatic heterocycles. The third-order valence-corrected chi connectivity index (χ3v) is 3.90. The molecule has 0 amide bonds. The molecule has 1 aromatic heterocycles. The molecule has 2 rings (SSSR count). The molecule has 0 spiro atoms. The first-order valence-electron chi connectivity index (χ1n) is 7.35. The second-order valence-corrected chi connectivity index (χ2v) is 5.49. The highest BCUT2D eigenvalue weighted by atomic mass is 15.3. The fourth-order valence-electron chi connectivity index (χ4n) is 2.72. The molecule has 0 saturated heterocycles. The minimum Gasteiger partial charge on any atom is -0.306 e. The first kappa shape index (κ1) is 14.8. The standard InChI is InChI=1S/C17H25N3/c1-6-20-15(5)17(14(4)19-20)13(3)18-11-16-9-7-12(2)8-10-16/h7-10,13,18H,6,11H2,1-5H3. The number of hydrogen-bond donors (Lipinski definition) is 1. The van der Waals surface area contributed by atoms with Gasteiger partial charge >= 0.3 is 0 Å². The zero-order chi connectivity index (χ0) is 14.7. The van der Waals surface area contributed by atoms with Crippen molar-refractivity contribution in [2.75, 3.05) is 0 Å². The van der Waals surface area contributed by atoms with Crippen molar-refractivity contribution in [2.45, 2.75) is 53.8 Å². The summed E-state index contributed by atoms with van der Waals surface area (Å²) in [5, 5.41) is 8.19. The lowest BCUT2D eigenvalue weighted by Crippen LogP contribution is -2.19. The molecule has 1 N–H and O–H groups in total. The summed E-state index contributed by atoms with van der Waals surface area (Å²) in [7, 11) is 0. The summed E-state index contributed by atoms with van der Waals surface area (Å²) in [6, 6.07) is 9.01. The van der Waals surface area contributed by atoms with E-state index in [1.54, 1.807) is 0 Å². The molecule has 1 atom stereocenters. The second-order valence-electron chi connectivity index (χ2n) is 5.49. The molecule has 108 valence electrons. The lowest BCUT2D eigenvalue weighted by Gasteiger charge is -2.15. The van der Waals surface area contributed by atoms with E-state index in [4.69, 9.17) is 0 Å². The van der Waals surface area contributed by atoms with E-state index in [2.05, 4.69) is 74.0 Å². The second kappa shape index (κ2) is 6.23. The van der Waals surface area contributed by atoms with Crippen LogP contribution in [0.3, 0.4) is 0 Å². The quantitative estimate of drug-likeness (QED) is 0.899. The van der Waals surface area contributed by atoms with Crippen LogP contribution in [0.4, 0.5) is 0 Å². The van der Waals surface area contributed by atoms with Crippen molar-refractivity contribution in [3.8, 4) is 0 Å². The molecular weight excluding hydrogens is 246 g/mol. The normalized spacial score (nSPS) is 12.7. The largest absolute Gasteiger partial charge is 0.306 e. The van der Waals surface area contributed by atoms with Crippen LogP contribution in [0.1, 0.15) is 48.0 Å². The van der Waals surface area contributed by atoms with Gasteiger partial charge in [-0.25, -0.2) is 0 Å². The van der Waals surface area contributed by atoms with Crippen LogP contribution in [0, 0.1) is 20.8 Å². The maximum absolute atomic E-state index is 4.59. The van der Waals surface area contributed by atoms with Gasteiger partial charge in [-0.15, -0.1) is 0 Å². The van der Waals surface area contributed by atoms with Gasteiger partial charge in [0.25, 0.3) is 0 Å². The molecular formula is C17H25N3. The number of aryl methyl sites for hydroxylation is 3. The van der Waals surface area contributed by atoms with Crippen LogP contribution in [0.25, 0.3) is 0 Å². The Morgan fingerprint density at radius 3 is 2.35 bits per heavy atom. The highest BCUT2D eigenvalue weighted by Crippen LogP contribution is 2.21. The number of hydrogen-bond acceptors (Lipinski definition) is 2. The van der Waals surface area contributed by atoms with Crippen molar-refractivity contribution in [2.24, 2.45) is 0 Å². The van der Waals surface area contributed by atoms with Crippen molar-refractivity contribution in [1.29, 1.82) is 0 Å². The van der Waals surface area contributed by atoms with Gasteiger partial charge in [0.05, 0.1) is 5.69 Å². The minimum atomic E-state index is 0.316. The Morgan fingerprint density at radius 2 is 1.80 bits per heavy atom. The van der Waals surface area contributed by atoms with Crippen molar-refractivity contribution >= 4 is 0 Å². The number of rotatable bonds is 5. The zero-order valence-electron chi connectivity index (χ0n) is 13.2. The average molecular weight is 271 g/mol. The van der Waals surface area contributed by atoms with Crippen LogP contribution in [0.15, 0.2) is 24.3 Å². The predicted molar refractivity (Wildman–Crippen MR) is 83.8 cm³/mol. The SMILES string of the molecule is CCn1nc(C)c(C(C)NCc2ccc(C)cc2)c1C. The molecule has 0 aliphatic rings. The molecule has 20 heavy (non-hydrogen) atoms. The maximum atomic E-state index is 4.59. The Bertz CT molecular complexity index is 567. The van der Waals surface area contributed by atoms with E-state index in [0.29, 0.717) is 6.04 Å². The number of nitrogens with zero attached hydrogens (tertiary/aromatic N) is 2. The Labute approximate surface area is 122 Å². The van der Waals surface area contributed by atoms with Crippen molar-refractivity contribution < 1.29 is 0 Å². The van der Waals surface area contributed by atoms with Crippen LogP contribution in [-0.4, -0.2) is 9.78 Å². The fraction of sp³-hybridized carbons (Fsp3) is 0.471. The van der Waals surface area contributed by atoms with E-state index in [1.165, 1.54) is 22.4 Å². The minimum absolute atomic E-state index is 0.316. The summed E-state index contributed by atoms with van der Waals surface area (Å²) >= 11 is 0. The first-order chi connectivity index (χ1) is 9.52. The van der Waals surface area contributed by atoms with Gasteiger partial charge in [-0.2, -0.15) is 5.10 Å². The van der Waals surface area contributed by atoms with E-state index >= 15 is 0 Å². The van der Waals surface area contributed by atoms with E-state index in [9.17, 15) is 0 Å². The molecule has 1 unspecified atom stereocenters. The predicted octanol–water partition coefficient (Wildman–Crippen LogP) is 3.68. The van der Waals surface area contributed by atoms with Gasteiger partial charge in [0.2, 0.25) is 0 Å². The van der Waals surface area contributed by atoms with E-state index < -0.39 is 0 Å². The molecule has 2 aromatic rings. The summed E-state index contributed by atoms with van der Waals surface area (Å²) in [6.45, 7) is 12.5. The number of aromatic nitrogens is 2. The average Bonchev–Trinajstić information content (AvgIpc) is 2.72. The smallest absolute Gasteiger partial charge is 0.0644 e. The summed E-state index contributed by atoms with van der Waals surface area (Å²) in [4.78, 5) is 0. The van der Waals surface area contributed by atoms with Gasteiger partial charge in [0.15, 0.2) is 0 Å². The molecule has 0 bridgehead atoms. The lowest BCUT2D eigenvalue weighted by atomic mass is 10.1. The number of benzene rings is 1. The van der Waals surface area contributed by atoms with Gasteiger partial charge in [0.1, 0.15) is 0 Å². The van der Waals surface area contributed by atoms with Crippen LogP contribution >= 0.6 is 0 Å². The summed E-state index contributed by atoms with van der Waals surface area (Å²) < 4.78 is 2.08. The molecule has 3 heteroatoms. The van der Waals surface area contributed by atoms with E-state index in [1.807, 2.05) is 0 Å². The van der Waals surface area contributed by atoms with Gasteiger partial charge in [-0.1, -0.05) is 29.8 Å². The van der Waals surface area contributed by atoms with Crippen LogP contribution in [0.5, 0.6) is 0 Å². The maximum Gasteiger partial charge on any atom is 0.0644 e. The van der Waals surface area contributed by atoms with Crippen LogP contribution in [0.2, 0.25) is 0 Å². The highest BCUT2D eigenvalue weighted by molar-refractivity contribution is 5.28. The molecule has 1 heterocycles. The van der Waals surface area contributed by atoms with Crippen molar-refractivity contribution in [3.05, 3.63) is 52.3 Å². The molecule has 0 saturated carbocycles. The van der Waals surface area contributed by atoms with Gasteiger partial charge < -0.3 is 5.32 Å².